The Kier molecular flexibility index (Phi) is 7.67. The Morgan fingerprint density at radius 1 is 1.36 bits per heavy atom. The van der Waals surface area contributed by atoms with E-state index < -0.39 is 5.60 Å². The van der Waals surface area contributed by atoms with Crippen molar-refractivity contribution in [1.82, 2.24) is 20.2 Å². The number of carbonyl (C=O) groups is 2. The van der Waals surface area contributed by atoms with Crippen LogP contribution in [0.3, 0.4) is 0 Å². The molecular weight excluding hydrogens is 366 g/mol. The summed E-state index contributed by atoms with van der Waals surface area (Å²) in [6.07, 6.45) is 0.734. The number of rotatable bonds is 7. The summed E-state index contributed by atoms with van der Waals surface area (Å²) in [5.74, 6) is -0.231. The topological polar surface area (TPSA) is 140 Å². The van der Waals surface area contributed by atoms with Crippen LogP contribution in [0, 0.1) is 13.8 Å². The predicted molar refractivity (Wildman–Crippen MR) is 101 cm³/mol. The number of nitrogens with two attached hydrogens (primary N) is 1. The fraction of sp³-hybridized carbons (Fsp3) is 0.667. The van der Waals surface area contributed by atoms with Gasteiger partial charge in [0.25, 0.3) is 0 Å². The van der Waals surface area contributed by atoms with Crippen molar-refractivity contribution in [3.8, 4) is 0 Å². The first-order valence-corrected chi connectivity index (χ1v) is 9.17. The van der Waals surface area contributed by atoms with Crippen LogP contribution in [0.5, 0.6) is 0 Å². The van der Waals surface area contributed by atoms with Gasteiger partial charge in [0.15, 0.2) is 0 Å². The molecule has 156 valence electrons. The molecule has 0 aromatic carbocycles. The molecule has 0 bridgehead atoms. The molecule has 2 rings (SSSR count). The number of amides is 2. The molecule has 1 aromatic heterocycles. The highest BCUT2D eigenvalue weighted by Gasteiger charge is 2.34. The van der Waals surface area contributed by atoms with Gasteiger partial charge in [-0.2, -0.15) is 0 Å². The third-order valence-corrected chi connectivity index (χ3v) is 4.63. The zero-order chi connectivity index (χ0) is 20.7. The Balaban J connectivity index is 1.97. The van der Waals surface area contributed by atoms with E-state index in [1.165, 1.54) is 7.11 Å². The molecule has 0 unspecified atom stereocenters. The average molecular weight is 395 g/mol. The average Bonchev–Trinajstić information content (AvgIpc) is 2.81. The molecule has 0 radical (unpaired) electrons. The normalized spacial score (nSPS) is 19.9. The van der Waals surface area contributed by atoms with Crippen LogP contribution in [0.1, 0.15) is 23.4 Å². The first-order valence-electron chi connectivity index (χ1n) is 9.17. The number of carbonyl (C=O) groups excluding carboxylic acids is 2. The van der Waals surface area contributed by atoms with Gasteiger partial charge in [-0.25, -0.2) is 9.97 Å². The van der Waals surface area contributed by atoms with Gasteiger partial charge in [-0.05, 0) is 25.8 Å². The third-order valence-electron chi connectivity index (χ3n) is 4.63. The second-order valence-corrected chi connectivity index (χ2v) is 7.03. The number of methoxy groups -OCH3 is 1. The molecule has 0 aliphatic carbocycles. The van der Waals surface area contributed by atoms with E-state index in [-0.39, 0.29) is 50.5 Å². The number of aryl methyl sites for hydroxylation is 2. The van der Waals surface area contributed by atoms with Crippen LogP contribution in [0.25, 0.3) is 0 Å². The zero-order valence-corrected chi connectivity index (χ0v) is 16.7. The summed E-state index contributed by atoms with van der Waals surface area (Å²) < 4.78 is 10.2. The highest BCUT2D eigenvalue weighted by Crippen LogP contribution is 2.17. The Hall–Kier alpha value is -2.30. The molecule has 0 saturated carbocycles. The smallest absolute Gasteiger partial charge is 0.246 e. The van der Waals surface area contributed by atoms with E-state index in [0.717, 1.165) is 17.0 Å². The van der Waals surface area contributed by atoms with Crippen molar-refractivity contribution < 1.29 is 24.2 Å². The molecule has 1 aliphatic rings. The second kappa shape index (κ2) is 9.76. The fourth-order valence-corrected chi connectivity index (χ4v) is 3.20. The maximum Gasteiger partial charge on any atom is 0.246 e. The lowest BCUT2D eigenvalue weighted by atomic mass is 10.0. The van der Waals surface area contributed by atoms with Crippen LogP contribution in [0.15, 0.2) is 0 Å². The van der Waals surface area contributed by atoms with Gasteiger partial charge in [-0.1, -0.05) is 0 Å². The Morgan fingerprint density at radius 2 is 2.04 bits per heavy atom. The quantitative estimate of drug-likeness (QED) is 0.532. The van der Waals surface area contributed by atoms with Gasteiger partial charge in [0, 0.05) is 31.5 Å². The standard InChI is InChI=1S/C18H29N5O5/c1-12-14(13(2)22-17(19)21-12)4-5-16(25)23-6-7-28-11-18(26,10-23)9-20-15(24)8-27-3/h26H,4-11H2,1-3H3,(H,20,24)(H2,19,21,22)/t18-/m1/s1. The largest absolute Gasteiger partial charge is 0.384 e. The van der Waals surface area contributed by atoms with Crippen molar-refractivity contribution in [1.29, 1.82) is 0 Å². The molecule has 2 heterocycles. The van der Waals surface area contributed by atoms with E-state index in [4.69, 9.17) is 15.2 Å². The monoisotopic (exact) mass is 395 g/mol. The van der Waals surface area contributed by atoms with Crippen molar-refractivity contribution >= 4 is 17.8 Å². The Bertz CT molecular complexity index is 691. The molecule has 10 heteroatoms. The molecular formula is C18H29N5O5. The number of β-amino-alcohol motifs (C(OH)–C–C–N with tert-alkyl or cyclic N) is 1. The van der Waals surface area contributed by atoms with E-state index >= 15 is 0 Å². The maximum absolute atomic E-state index is 12.7. The summed E-state index contributed by atoms with van der Waals surface area (Å²) in [7, 11) is 1.42. The molecule has 1 aliphatic heterocycles. The molecule has 10 nitrogen and oxygen atoms in total. The predicted octanol–water partition coefficient (Wildman–Crippen LogP) is -1.04. The molecule has 1 atom stereocenters. The Labute approximate surface area is 164 Å². The number of anilines is 1. The van der Waals surface area contributed by atoms with Gasteiger partial charge < -0.3 is 30.5 Å². The van der Waals surface area contributed by atoms with E-state index in [1.807, 2.05) is 13.8 Å². The minimum Gasteiger partial charge on any atom is -0.384 e. The van der Waals surface area contributed by atoms with Gasteiger partial charge in [-0.15, -0.1) is 0 Å². The van der Waals surface area contributed by atoms with Crippen molar-refractivity contribution in [2.24, 2.45) is 0 Å². The van der Waals surface area contributed by atoms with Crippen molar-refractivity contribution in [3.63, 3.8) is 0 Å². The Morgan fingerprint density at radius 3 is 2.68 bits per heavy atom. The van der Waals surface area contributed by atoms with Gasteiger partial charge in [0.1, 0.15) is 12.2 Å². The number of hydrogen-bond acceptors (Lipinski definition) is 8. The van der Waals surface area contributed by atoms with Crippen molar-refractivity contribution in [2.45, 2.75) is 32.3 Å². The number of nitrogen functional groups attached to an aromatic ring is 1. The number of ether oxygens (including phenoxy) is 2. The zero-order valence-electron chi connectivity index (χ0n) is 16.7. The summed E-state index contributed by atoms with van der Waals surface area (Å²) in [6.45, 7) is 4.37. The van der Waals surface area contributed by atoms with Crippen LogP contribution < -0.4 is 11.1 Å². The van der Waals surface area contributed by atoms with E-state index in [2.05, 4.69) is 15.3 Å². The van der Waals surface area contributed by atoms with Gasteiger partial charge >= 0.3 is 0 Å². The first-order chi connectivity index (χ1) is 13.2. The minimum atomic E-state index is -1.36. The lowest BCUT2D eigenvalue weighted by Gasteiger charge is -2.31. The second-order valence-electron chi connectivity index (χ2n) is 7.03. The molecule has 0 spiro atoms. The van der Waals surface area contributed by atoms with Crippen LogP contribution in [-0.2, 0) is 25.5 Å². The van der Waals surface area contributed by atoms with Crippen LogP contribution in [-0.4, -0.2) is 84.0 Å². The van der Waals surface area contributed by atoms with Gasteiger partial charge in [0.05, 0.1) is 26.3 Å². The molecule has 1 fully saturated rings. The van der Waals surface area contributed by atoms with Crippen LogP contribution in [0.4, 0.5) is 5.95 Å². The van der Waals surface area contributed by atoms with E-state index in [9.17, 15) is 14.7 Å². The molecule has 1 saturated heterocycles. The molecule has 4 N–H and O–H groups in total. The van der Waals surface area contributed by atoms with Gasteiger partial charge in [0.2, 0.25) is 17.8 Å². The van der Waals surface area contributed by atoms with Crippen LogP contribution >= 0.6 is 0 Å². The molecule has 1 aromatic rings. The van der Waals surface area contributed by atoms with Crippen molar-refractivity contribution in [3.05, 3.63) is 17.0 Å². The SMILES string of the molecule is COCC(=O)NC[C@]1(O)COCCN(C(=O)CCc2c(C)nc(N)nc2C)C1. The molecule has 28 heavy (non-hydrogen) atoms. The summed E-state index contributed by atoms with van der Waals surface area (Å²) in [6, 6.07) is 0. The summed E-state index contributed by atoms with van der Waals surface area (Å²) in [4.78, 5) is 34.2. The lowest BCUT2D eigenvalue weighted by Crippen LogP contribution is -2.53. The minimum absolute atomic E-state index is 0.0248. The summed E-state index contributed by atoms with van der Waals surface area (Å²) >= 11 is 0. The maximum atomic E-state index is 12.7. The number of aliphatic hydroxyl groups is 1. The van der Waals surface area contributed by atoms with Crippen LogP contribution in [0.2, 0.25) is 0 Å². The van der Waals surface area contributed by atoms with Gasteiger partial charge in [-0.3, -0.25) is 9.59 Å². The first kappa shape index (κ1) is 22.0. The number of aromatic nitrogens is 2. The van der Waals surface area contributed by atoms with E-state index in [0.29, 0.717) is 19.6 Å². The number of nitrogens with one attached hydrogen (secondary N) is 1. The summed E-state index contributed by atoms with van der Waals surface area (Å²) in [5.41, 5.74) is 6.70. The lowest BCUT2D eigenvalue weighted by molar-refractivity contribution is -0.134. The fourth-order valence-electron chi connectivity index (χ4n) is 3.20. The number of nitrogens with zero attached hydrogens (tertiary/aromatic N) is 3. The number of hydrogen-bond donors (Lipinski definition) is 3. The highest BCUT2D eigenvalue weighted by atomic mass is 16.5. The third kappa shape index (κ3) is 6.11. The van der Waals surface area contributed by atoms with Crippen molar-refractivity contribution in [2.75, 3.05) is 52.3 Å². The summed E-state index contributed by atoms with van der Waals surface area (Å²) in [5, 5.41) is 13.4. The molecule has 2 amide bonds. The highest BCUT2D eigenvalue weighted by molar-refractivity contribution is 5.77. The van der Waals surface area contributed by atoms with E-state index in [1.54, 1.807) is 4.90 Å².